The van der Waals surface area contributed by atoms with Crippen molar-refractivity contribution in [1.82, 2.24) is 0 Å². The smallest absolute Gasteiger partial charge is 0.490 e. The number of benzene rings is 1. The number of hydrogen-bond donors (Lipinski definition) is 2. The van der Waals surface area contributed by atoms with Gasteiger partial charge in [0.05, 0.1) is 11.2 Å². The molecule has 1 heterocycles. The monoisotopic (exact) mass is 326 g/mol. The molecule has 1 unspecified atom stereocenters. The minimum Gasteiger partial charge on any atom is -0.490 e. The minimum atomic E-state index is -1.67. The van der Waals surface area contributed by atoms with Crippen LogP contribution in [0, 0.1) is 5.82 Å². The van der Waals surface area contributed by atoms with Crippen LogP contribution in [0.15, 0.2) is 18.2 Å². The summed E-state index contributed by atoms with van der Waals surface area (Å²) in [4.78, 5) is 10.5. The molecule has 0 amide bonds. The van der Waals surface area contributed by atoms with Gasteiger partial charge in [-0.2, -0.15) is 0 Å². The highest BCUT2D eigenvalue weighted by Gasteiger charge is 2.52. The summed E-state index contributed by atoms with van der Waals surface area (Å²) >= 11 is 0. The average Bonchev–Trinajstić information content (AvgIpc) is 2.64. The Labute approximate surface area is 134 Å². The van der Waals surface area contributed by atoms with Crippen LogP contribution < -0.4 is 10.2 Å². The number of rotatable bonds is 5. The van der Waals surface area contributed by atoms with Gasteiger partial charge in [-0.25, -0.2) is 9.18 Å². The van der Waals surface area contributed by atoms with Crippen LogP contribution in [-0.2, 0) is 14.1 Å². The number of carboxylic acids is 1. The van der Waals surface area contributed by atoms with Crippen molar-refractivity contribution in [2.24, 2.45) is 0 Å². The van der Waals surface area contributed by atoms with Crippen molar-refractivity contribution in [3.63, 3.8) is 0 Å². The molecule has 2 rings (SSSR count). The SMILES string of the molecule is CC1(C)OB(c2ccc(OCC(O)C(=O)O)cc2F)OC1(C)C. The highest BCUT2D eigenvalue weighted by Crippen LogP contribution is 2.36. The maximum atomic E-state index is 14.3. The molecule has 2 N–H and O–H groups in total. The second-order valence-corrected chi connectivity index (χ2v) is 6.44. The first-order valence-corrected chi connectivity index (χ1v) is 7.22. The first kappa shape index (κ1) is 17.7. The van der Waals surface area contributed by atoms with Crippen LogP contribution in [0.4, 0.5) is 4.39 Å². The van der Waals surface area contributed by atoms with Crippen LogP contribution in [0.1, 0.15) is 27.7 Å². The van der Waals surface area contributed by atoms with Gasteiger partial charge < -0.3 is 24.3 Å². The molecule has 1 aliphatic heterocycles. The molecule has 1 aromatic carbocycles. The van der Waals surface area contributed by atoms with Crippen LogP contribution in [0.5, 0.6) is 5.75 Å². The first-order valence-electron chi connectivity index (χ1n) is 7.22. The standard InChI is InChI=1S/C15H20BFO6/c1-14(2)15(3,4)23-16(22-14)10-6-5-9(7-11(10)17)21-8-12(18)13(19)20/h5-7,12,18H,8H2,1-4H3,(H,19,20). The van der Waals surface area contributed by atoms with E-state index < -0.39 is 42.8 Å². The Bertz CT molecular complexity index is 588. The molecule has 1 aromatic rings. The lowest BCUT2D eigenvalue weighted by molar-refractivity contribution is -0.148. The van der Waals surface area contributed by atoms with Gasteiger partial charge in [-0.1, -0.05) is 6.07 Å². The van der Waals surface area contributed by atoms with Crippen LogP contribution in [0.2, 0.25) is 0 Å². The number of aliphatic carboxylic acids is 1. The zero-order valence-corrected chi connectivity index (χ0v) is 13.5. The van der Waals surface area contributed by atoms with Crippen LogP contribution in [0.25, 0.3) is 0 Å². The van der Waals surface area contributed by atoms with Crippen LogP contribution in [-0.4, -0.2) is 47.2 Å². The van der Waals surface area contributed by atoms with E-state index in [4.69, 9.17) is 24.3 Å². The molecule has 6 nitrogen and oxygen atoms in total. The van der Waals surface area contributed by atoms with Gasteiger partial charge in [-0.05, 0) is 33.8 Å². The molecule has 126 valence electrons. The maximum absolute atomic E-state index is 14.3. The first-order chi connectivity index (χ1) is 10.5. The number of hydrogen-bond acceptors (Lipinski definition) is 5. The Hall–Kier alpha value is -1.64. The van der Waals surface area contributed by atoms with E-state index in [1.54, 1.807) is 0 Å². The highest BCUT2D eigenvalue weighted by molar-refractivity contribution is 6.62. The third-order valence-electron chi connectivity index (χ3n) is 4.17. The summed E-state index contributed by atoms with van der Waals surface area (Å²) in [5, 5.41) is 17.7. The quantitative estimate of drug-likeness (QED) is 0.784. The number of aliphatic hydroxyl groups is 1. The number of carboxylic acid groups (broad SMARTS) is 1. The fourth-order valence-electron chi connectivity index (χ4n) is 2.01. The Morgan fingerprint density at radius 2 is 1.87 bits per heavy atom. The van der Waals surface area contributed by atoms with E-state index >= 15 is 0 Å². The average molecular weight is 326 g/mol. The lowest BCUT2D eigenvalue weighted by Gasteiger charge is -2.32. The Balaban J connectivity index is 2.10. The van der Waals surface area contributed by atoms with Gasteiger partial charge in [-0.15, -0.1) is 0 Å². The van der Waals surface area contributed by atoms with E-state index in [1.807, 2.05) is 27.7 Å². The van der Waals surface area contributed by atoms with Gasteiger partial charge in [0.1, 0.15) is 18.2 Å². The third kappa shape index (κ3) is 3.65. The van der Waals surface area contributed by atoms with Gasteiger partial charge in [0, 0.05) is 11.5 Å². The number of ether oxygens (including phenoxy) is 1. The van der Waals surface area contributed by atoms with Crippen molar-refractivity contribution in [2.75, 3.05) is 6.61 Å². The summed E-state index contributed by atoms with van der Waals surface area (Å²) in [5.74, 6) is -1.88. The molecule has 0 radical (unpaired) electrons. The Kier molecular flexibility index (Phi) is 4.70. The summed E-state index contributed by atoms with van der Waals surface area (Å²) in [7, 11) is -0.835. The van der Waals surface area contributed by atoms with Crippen molar-refractivity contribution in [3.05, 3.63) is 24.0 Å². The van der Waals surface area contributed by atoms with E-state index in [1.165, 1.54) is 12.1 Å². The molecule has 1 fully saturated rings. The van der Waals surface area contributed by atoms with Crippen molar-refractivity contribution in [1.29, 1.82) is 0 Å². The minimum absolute atomic E-state index is 0.114. The maximum Gasteiger partial charge on any atom is 0.497 e. The van der Waals surface area contributed by atoms with E-state index in [-0.39, 0.29) is 11.2 Å². The number of carbonyl (C=O) groups is 1. The molecule has 0 bridgehead atoms. The normalized spacial score (nSPS) is 20.3. The largest absolute Gasteiger partial charge is 0.497 e. The molecule has 1 atom stereocenters. The summed E-state index contributed by atoms with van der Waals surface area (Å²) < 4.78 is 30.9. The van der Waals surface area contributed by atoms with Crippen molar-refractivity contribution >= 4 is 18.6 Å². The molecule has 0 saturated carbocycles. The molecule has 0 aliphatic carbocycles. The van der Waals surface area contributed by atoms with Gasteiger partial charge in [-0.3, -0.25) is 0 Å². The topological polar surface area (TPSA) is 85.2 Å². The van der Waals surface area contributed by atoms with Gasteiger partial charge in [0.2, 0.25) is 0 Å². The lowest BCUT2D eigenvalue weighted by atomic mass is 9.78. The predicted molar refractivity (Wildman–Crippen MR) is 81.3 cm³/mol. The molecular weight excluding hydrogens is 306 g/mol. The zero-order chi connectivity index (χ0) is 17.4. The summed E-state index contributed by atoms with van der Waals surface area (Å²) in [6.45, 7) is 7.02. The zero-order valence-electron chi connectivity index (χ0n) is 13.5. The van der Waals surface area contributed by atoms with E-state index in [9.17, 15) is 9.18 Å². The fourth-order valence-corrected chi connectivity index (χ4v) is 2.01. The van der Waals surface area contributed by atoms with Crippen molar-refractivity contribution in [3.8, 4) is 5.75 Å². The molecular formula is C15H20BFO6. The van der Waals surface area contributed by atoms with Crippen molar-refractivity contribution < 1.29 is 33.4 Å². The molecule has 1 aliphatic rings. The summed E-state index contributed by atoms with van der Waals surface area (Å²) in [6, 6.07) is 4.03. The second-order valence-electron chi connectivity index (χ2n) is 6.44. The van der Waals surface area contributed by atoms with E-state index in [2.05, 4.69) is 0 Å². The van der Waals surface area contributed by atoms with Gasteiger partial charge in [0.15, 0.2) is 6.10 Å². The fraction of sp³-hybridized carbons (Fsp3) is 0.533. The highest BCUT2D eigenvalue weighted by atomic mass is 19.1. The van der Waals surface area contributed by atoms with Gasteiger partial charge >= 0.3 is 13.1 Å². The molecule has 0 aromatic heterocycles. The summed E-state index contributed by atoms with van der Waals surface area (Å²) in [6.07, 6.45) is -1.67. The van der Waals surface area contributed by atoms with E-state index in [0.29, 0.717) is 0 Å². The predicted octanol–water partition coefficient (Wildman–Crippen LogP) is 0.949. The van der Waals surface area contributed by atoms with Crippen LogP contribution >= 0.6 is 0 Å². The number of aliphatic hydroxyl groups excluding tert-OH is 1. The second kappa shape index (κ2) is 6.11. The molecule has 0 spiro atoms. The molecule has 1 saturated heterocycles. The van der Waals surface area contributed by atoms with Gasteiger partial charge in [0.25, 0.3) is 0 Å². The van der Waals surface area contributed by atoms with Crippen LogP contribution in [0.3, 0.4) is 0 Å². The summed E-state index contributed by atoms with van der Waals surface area (Å²) in [5.41, 5.74) is -0.926. The Morgan fingerprint density at radius 3 is 2.35 bits per heavy atom. The van der Waals surface area contributed by atoms with Crippen molar-refractivity contribution in [2.45, 2.75) is 45.0 Å². The number of halogens is 1. The molecule has 23 heavy (non-hydrogen) atoms. The lowest BCUT2D eigenvalue weighted by Crippen LogP contribution is -2.41. The third-order valence-corrected chi connectivity index (χ3v) is 4.17. The van der Waals surface area contributed by atoms with E-state index in [0.717, 1.165) is 6.07 Å². The molecule has 8 heteroatoms. The Morgan fingerprint density at radius 1 is 1.30 bits per heavy atom.